The second kappa shape index (κ2) is 7.07. The van der Waals surface area contributed by atoms with Gasteiger partial charge < -0.3 is 4.42 Å². The molecule has 0 spiro atoms. The molecule has 3 heterocycles. The van der Waals surface area contributed by atoms with Gasteiger partial charge in [-0.25, -0.2) is 0 Å². The summed E-state index contributed by atoms with van der Waals surface area (Å²) in [6, 6.07) is 4.85. The van der Waals surface area contributed by atoms with E-state index in [-0.39, 0.29) is 0 Å². The van der Waals surface area contributed by atoms with Gasteiger partial charge in [0.15, 0.2) is 0 Å². The Morgan fingerprint density at radius 1 is 1.11 bits per heavy atom. The van der Waals surface area contributed by atoms with Gasteiger partial charge in [0, 0.05) is 55.2 Å². The van der Waals surface area contributed by atoms with E-state index in [1.54, 1.807) is 6.26 Å². The lowest BCUT2D eigenvalue weighted by Crippen LogP contribution is -2.51. The van der Waals surface area contributed by atoms with Crippen LogP contribution >= 0.6 is 23.5 Å². The minimum absolute atomic E-state index is 0.795. The van der Waals surface area contributed by atoms with Gasteiger partial charge in [0.05, 0.1) is 12.8 Å². The van der Waals surface area contributed by atoms with E-state index in [9.17, 15) is 0 Å². The Morgan fingerprint density at radius 2 is 1.84 bits per heavy atom. The molecule has 106 valence electrons. The van der Waals surface area contributed by atoms with Gasteiger partial charge in [-0.05, 0) is 12.1 Å². The van der Waals surface area contributed by atoms with Crippen LogP contribution in [0.3, 0.4) is 0 Å². The van der Waals surface area contributed by atoms with Gasteiger partial charge in [-0.15, -0.1) is 0 Å². The Labute approximate surface area is 124 Å². The van der Waals surface area contributed by atoms with Crippen LogP contribution in [0, 0.1) is 0 Å². The van der Waals surface area contributed by atoms with Crippen LogP contribution in [0.1, 0.15) is 5.76 Å². The number of furan rings is 1. The van der Waals surface area contributed by atoms with Gasteiger partial charge in [-0.1, -0.05) is 0 Å². The molecule has 0 amide bonds. The van der Waals surface area contributed by atoms with E-state index in [0.29, 0.717) is 0 Å². The monoisotopic (exact) mass is 298 g/mol. The van der Waals surface area contributed by atoms with Gasteiger partial charge in [0.1, 0.15) is 5.76 Å². The Hall–Kier alpha value is -0.100. The van der Waals surface area contributed by atoms with Crippen molar-refractivity contribution in [2.75, 3.05) is 49.2 Å². The standard InChI is InChI=1S/C14H22N2OS2/c1-2-14(17-7-1)10-15-3-5-16(6-4-15)13-11-18-8-9-19-12-13/h1-2,7,13H,3-6,8-12H2. The first-order chi connectivity index (χ1) is 9.42. The highest BCUT2D eigenvalue weighted by Gasteiger charge is 2.25. The molecule has 2 saturated heterocycles. The summed E-state index contributed by atoms with van der Waals surface area (Å²) in [6.07, 6.45) is 1.77. The predicted octanol–water partition coefficient (Wildman–Crippen LogP) is 2.25. The summed E-state index contributed by atoms with van der Waals surface area (Å²) < 4.78 is 5.43. The van der Waals surface area contributed by atoms with Gasteiger partial charge in [0.2, 0.25) is 0 Å². The topological polar surface area (TPSA) is 19.6 Å². The zero-order valence-corrected chi connectivity index (χ0v) is 12.9. The maximum Gasteiger partial charge on any atom is 0.117 e. The van der Waals surface area contributed by atoms with Crippen molar-refractivity contribution in [3.63, 3.8) is 0 Å². The smallest absolute Gasteiger partial charge is 0.117 e. The second-order valence-corrected chi connectivity index (χ2v) is 7.49. The lowest BCUT2D eigenvalue weighted by Gasteiger charge is -2.38. The van der Waals surface area contributed by atoms with Crippen LogP contribution in [-0.4, -0.2) is 65.0 Å². The first-order valence-electron chi connectivity index (χ1n) is 7.06. The molecule has 2 fully saturated rings. The van der Waals surface area contributed by atoms with Crippen molar-refractivity contribution in [1.29, 1.82) is 0 Å². The Balaban J connectivity index is 1.46. The van der Waals surface area contributed by atoms with Crippen LogP contribution in [0.25, 0.3) is 0 Å². The number of hydrogen-bond acceptors (Lipinski definition) is 5. The predicted molar refractivity (Wildman–Crippen MR) is 84.0 cm³/mol. The molecule has 0 saturated carbocycles. The van der Waals surface area contributed by atoms with Crippen LogP contribution in [0.5, 0.6) is 0 Å². The molecule has 1 aromatic heterocycles. The average Bonchev–Trinajstić information content (AvgIpc) is 2.80. The van der Waals surface area contributed by atoms with E-state index in [1.165, 1.54) is 49.2 Å². The zero-order valence-electron chi connectivity index (χ0n) is 11.3. The minimum Gasteiger partial charge on any atom is -0.468 e. The lowest BCUT2D eigenvalue weighted by atomic mass is 10.2. The van der Waals surface area contributed by atoms with Gasteiger partial charge in [-0.3, -0.25) is 9.80 Å². The fourth-order valence-electron chi connectivity index (χ4n) is 2.73. The SMILES string of the molecule is c1coc(CN2CCN(C3CSCCSC3)CC2)c1. The second-order valence-electron chi connectivity index (χ2n) is 5.20. The van der Waals surface area contributed by atoms with Crippen LogP contribution in [0.2, 0.25) is 0 Å². The van der Waals surface area contributed by atoms with Crippen molar-refractivity contribution < 1.29 is 4.42 Å². The molecule has 2 aliphatic rings. The van der Waals surface area contributed by atoms with Gasteiger partial charge >= 0.3 is 0 Å². The number of nitrogens with zero attached hydrogens (tertiary/aromatic N) is 2. The first kappa shape index (κ1) is 13.9. The Bertz CT molecular complexity index is 356. The molecule has 0 atom stereocenters. The van der Waals surface area contributed by atoms with Crippen LogP contribution < -0.4 is 0 Å². The molecule has 0 N–H and O–H groups in total. The molecule has 0 aliphatic carbocycles. The van der Waals surface area contributed by atoms with Crippen molar-refractivity contribution in [2.45, 2.75) is 12.6 Å². The molecule has 5 heteroatoms. The van der Waals surface area contributed by atoms with Crippen molar-refractivity contribution >= 4 is 23.5 Å². The van der Waals surface area contributed by atoms with Crippen LogP contribution in [0.15, 0.2) is 22.8 Å². The Kier molecular flexibility index (Phi) is 5.16. The summed E-state index contributed by atoms with van der Waals surface area (Å²) in [4.78, 5) is 5.20. The highest BCUT2D eigenvalue weighted by molar-refractivity contribution is 8.03. The van der Waals surface area contributed by atoms with Crippen molar-refractivity contribution in [2.24, 2.45) is 0 Å². The number of hydrogen-bond donors (Lipinski definition) is 0. The maximum atomic E-state index is 5.43. The molecule has 19 heavy (non-hydrogen) atoms. The summed E-state index contributed by atoms with van der Waals surface area (Å²) in [5.74, 6) is 6.41. The maximum absolute atomic E-state index is 5.43. The molecule has 0 radical (unpaired) electrons. The van der Waals surface area contributed by atoms with Crippen molar-refractivity contribution in [3.05, 3.63) is 24.2 Å². The van der Waals surface area contributed by atoms with E-state index in [2.05, 4.69) is 39.4 Å². The summed E-state index contributed by atoms with van der Waals surface area (Å²) in [7, 11) is 0. The molecule has 0 bridgehead atoms. The third-order valence-corrected chi connectivity index (χ3v) is 6.36. The third kappa shape index (κ3) is 3.94. The highest BCUT2D eigenvalue weighted by atomic mass is 32.2. The van der Waals surface area contributed by atoms with E-state index >= 15 is 0 Å². The van der Waals surface area contributed by atoms with Crippen LogP contribution in [0.4, 0.5) is 0 Å². The largest absolute Gasteiger partial charge is 0.468 e. The molecular formula is C14H22N2OS2. The van der Waals surface area contributed by atoms with Gasteiger partial charge in [0.25, 0.3) is 0 Å². The summed E-state index contributed by atoms with van der Waals surface area (Å²) in [6.45, 7) is 5.74. The molecule has 3 rings (SSSR count). The molecule has 3 nitrogen and oxygen atoms in total. The molecular weight excluding hydrogens is 276 g/mol. The number of piperazine rings is 1. The van der Waals surface area contributed by atoms with Crippen molar-refractivity contribution in [3.8, 4) is 0 Å². The summed E-state index contributed by atoms with van der Waals surface area (Å²) >= 11 is 4.26. The molecule has 0 unspecified atom stereocenters. The molecule has 0 aromatic carbocycles. The highest BCUT2D eigenvalue weighted by Crippen LogP contribution is 2.21. The quantitative estimate of drug-likeness (QED) is 0.850. The summed E-state index contributed by atoms with van der Waals surface area (Å²) in [5.41, 5.74) is 0. The van der Waals surface area contributed by atoms with E-state index in [0.717, 1.165) is 18.3 Å². The fourth-order valence-corrected chi connectivity index (χ4v) is 5.35. The average molecular weight is 298 g/mol. The zero-order chi connectivity index (χ0) is 12.9. The lowest BCUT2D eigenvalue weighted by molar-refractivity contribution is 0.102. The number of thioether (sulfide) groups is 2. The van der Waals surface area contributed by atoms with Gasteiger partial charge in [-0.2, -0.15) is 23.5 Å². The Morgan fingerprint density at radius 3 is 2.47 bits per heavy atom. The third-order valence-electron chi connectivity index (χ3n) is 3.88. The van der Waals surface area contributed by atoms with E-state index < -0.39 is 0 Å². The normalized spacial score (nSPS) is 24.4. The molecule has 2 aliphatic heterocycles. The summed E-state index contributed by atoms with van der Waals surface area (Å²) in [5, 5.41) is 0. The first-order valence-corrected chi connectivity index (χ1v) is 9.37. The van der Waals surface area contributed by atoms with Crippen molar-refractivity contribution in [1.82, 2.24) is 9.80 Å². The van der Waals surface area contributed by atoms with E-state index in [4.69, 9.17) is 4.42 Å². The van der Waals surface area contributed by atoms with Crippen LogP contribution in [-0.2, 0) is 6.54 Å². The van der Waals surface area contributed by atoms with E-state index in [1.807, 2.05) is 6.07 Å². The number of rotatable bonds is 3. The minimum atomic E-state index is 0.795. The fraction of sp³-hybridized carbons (Fsp3) is 0.714. The molecule has 1 aromatic rings.